The number of nitrogens with one attached hydrogen (secondary N) is 2. The van der Waals surface area contributed by atoms with Crippen molar-refractivity contribution < 1.29 is 25.9 Å². The van der Waals surface area contributed by atoms with Gasteiger partial charge in [-0.05, 0) is 74.3 Å². The maximum atomic E-state index is 12.2. The number of H-pyrrole nitrogens is 2. The summed E-state index contributed by atoms with van der Waals surface area (Å²) in [5.41, 5.74) is 7.36. The molecule has 4 aromatic carbocycles. The SMILES string of the molecule is O=S(=O)(O)C1CCC(c2ccc(C3CCC(S(=O)(=O)O)CC3)c3c4nc5nc(nc6[nH]c(nc7nc(nc([nH]4)c23)-c2ccccc2-7)c2ccccc62)-c2ccccc2-5)CC1.[Al+3]. The molecule has 4 N–H and O–H groups in total. The molecule has 2 aliphatic carbocycles. The number of nitrogens with zero attached hydrogens (tertiary/aromatic N) is 6. The van der Waals surface area contributed by atoms with Crippen molar-refractivity contribution in [3.8, 4) is 45.6 Å². The summed E-state index contributed by atoms with van der Waals surface area (Å²) < 4.78 is 68.6. The molecule has 302 valence electrons. The van der Waals surface area contributed by atoms with E-state index >= 15 is 0 Å². The van der Waals surface area contributed by atoms with Gasteiger partial charge in [0.05, 0.1) is 10.5 Å². The van der Waals surface area contributed by atoms with Crippen molar-refractivity contribution in [3.05, 3.63) is 96.1 Å². The van der Waals surface area contributed by atoms with Gasteiger partial charge in [-0.3, -0.25) is 9.11 Å². The van der Waals surface area contributed by atoms with Crippen molar-refractivity contribution in [2.75, 3.05) is 0 Å². The van der Waals surface area contributed by atoms with Gasteiger partial charge in [0.2, 0.25) is 0 Å². The third kappa shape index (κ3) is 6.84. The summed E-state index contributed by atoms with van der Waals surface area (Å²) in [5, 5.41) is 1.73. The van der Waals surface area contributed by atoms with Crippen molar-refractivity contribution in [2.45, 2.75) is 73.7 Å². The van der Waals surface area contributed by atoms with Crippen molar-refractivity contribution in [2.24, 2.45) is 0 Å². The molecule has 2 fully saturated rings. The normalized spacial score (nSPS) is 20.2. The van der Waals surface area contributed by atoms with Crippen LogP contribution in [0.15, 0.2) is 84.9 Å². The number of aromatic amines is 2. The van der Waals surface area contributed by atoms with Crippen molar-refractivity contribution >= 4 is 81.7 Å². The molecule has 4 aliphatic rings. The van der Waals surface area contributed by atoms with Crippen LogP contribution in [-0.2, 0) is 20.2 Å². The van der Waals surface area contributed by atoms with Crippen LogP contribution in [0.25, 0.3) is 89.7 Å². The molecular formula is C44H38AlN8O6S2+3. The molecule has 0 unspecified atom stereocenters. The zero-order valence-electron chi connectivity index (χ0n) is 32.7. The van der Waals surface area contributed by atoms with Crippen LogP contribution in [0, 0.1) is 0 Å². The van der Waals surface area contributed by atoms with Gasteiger partial charge in [-0.15, -0.1) is 0 Å². The average molecular weight is 866 g/mol. The van der Waals surface area contributed by atoms with E-state index in [4.69, 9.17) is 29.9 Å². The fourth-order valence-corrected chi connectivity index (χ4v) is 11.6. The number of hydrogen-bond acceptors (Lipinski definition) is 10. The van der Waals surface area contributed by atoms with Gasteiger partial charge in [0.1, 0.15) is 22.6 Å². The molecule has 61 heavy (non-hydrogen) atoms. The van der Waals surface area contributed by atoms with Gasteiger partial charge in [0.25, 0.3) is 20.2 Å². The van der Waals surface area contributed by atoms with Crippen molar-refractivity contribution in [3.63, 3.8) is 0 Å². The zero-order valence-corrected chi connectivity index (χ0v) is 35.4. The molecule has 7 aromatic rings. The standard InChI is InChI=1S/C44H38N8O6S2.Al/c53-59(54,55)25-17-13-23(14-18-25)27-21-22-28(24-15-19-26(20-16-24)60(56,57)58)36-35(27)43-50-41-33-11-5-3-9-31(33)39(48-41)46-37-29-7-1-2-8-30(29)38(45-37)47-40-32-10-4-6-12-34(32)42(49-40)51-44(36)52-43;/h1-12,21-26H,13-20H2,(H,53,54,55)(H,56,57,58)(H2,45,46,47,48,49,50,51,52);/q;+3. The average Bonchev–Trinajstić information content (AvgIpc) is 3.99. The maximum absolute atomic E-state index is 12.2. The van der Waals surface area contributed by atoms with E-state index < -0.39 is 30.7 Å². The van der Waals surface area contributed by atoms with Crippen molar-refractivity contribution in [1.82, 2.24) is 39.9 Å². The minimum absolute atomic E-state index is 0. The maximum Gasteiger partial charge on any atom is 3.00 e. The van der Waals surface area contributed by atoms with Gasteiger partial charge in [0.15, 0.2) is 23.3 Å². The van der Waals surface area contributed by atoms with Gasteiger partial charge in [0, 0.05) is 43.8 Å². The van der Waals surface area contributed by atoms with E-state index in [0.717, 1.165) is 54.9 Å². The van der Waals surface area contributed by atoms with Crippen LogP contribution < -0.4 is 0 Å². The Labute approximate surface area is 361 Å². The topological polar surface area (TPSA) is 218 Å². The van der Waals surface area contributed by atoms with Gasteiger partial charge in [-0.2, -0.15) is 16.8 Å². The Morgan fingerprint density at radius 2 is 0.738 bits per heavy atom. The molecule has 0 atom stereocenters. The number of benzene rings is 4. The van der Waals surface area contributed by atoms with E-state index in [1.807, 2.05) is 72.8 Å². The third-order valence-electron chi connectivity index (χ3n) is 12.8. The van der Waals surface area contributed by atoms with E-state index in [-0.39, 0.29) is 29.2 Å². The third-order valence-corrected chi connectivity index (χ3v) is 15.5. The number of aromatic nitrogens is 8. The van der Waals surface area contributed by atoms with E-state index in [1.54, 1.807) is 0 Å². The molecular weight excluding hydrogens is 828 g/mol. The zero-order chi connectivity index (χ0) is 40.9. The van der Waals surface area contributed by atoms with Crippen LogP contribution in [-0.4, -0.2) is 93.7 Å². The Bertz CT molecular complexity index is 3120. The molecule has 0 spiro atoms. The number of fused-ring (bicyclic) bond motifs is 20. The van der Waals surface area contributed by atoms with Crippen LogP contribution >= 0.6 is 0 Å². The van der Waals surface area contributed by atoms with Crippen LogP contribution in [0.5, 0.6) is 0 Å². The fourth-order valence-electron chi connectivity index (χ4n) is 9.85. The van der Waals surface area contributed by atoms with Crippen molar-refractivity contribution in [1.29, 1.82) is 0 Å². The molecule has 2 aliphatic heterocycles. The molecule has 8 bridgehead atoms. The first-order valence-electron chi connectivity index (χ1n) is 20.2. The molecule has 0 saturated heterocycles. The summed E-state index contributed by atoms with van der Waals surface area (Å²) in [6.45, 7) is 0. The molecule has 2 saturated carbocycles. The molecule has 0 radical (unpaired) electrons. The second-order valence-corrected chi connectivity index (χ2v) is 19.6. The Kier molecular flexibility index (Phi) is 9.70. The van der Waals surface area contributed by atoms with E-state index in [0.29, 0.717) is 97.3 Å². The van der Waals surface area contributed by atoms with E-state index in [9.17, 15) is 25.9 Å². The van der Waals surface area contributed by atoms with Gasteiger partial charge >= 0.3 is 17.4 Å². The van der Waals surface area contributed by atoms with Crippen LogP contribution in [0.4, 0.5) is 0 Å². The van der Waals surface area contributed by atoms with Gasteiger partial charge in [-0.25, -0.2) is 29.9 Å². The van der Waals surface area contributed by atoms with Crippen LogP contribution in [0.3, 0.4) is 0 Å². The van der Waals surface area contributed by atoms with Crippen LogP contribution in [0.1, 0.15) is 74.3 Å². The summed E-state index contributed by atoms with van der Waals surface area (Å²) >= 11 is 0. The largest absolute Gasteiger partial charge is 3.00 e. The van der Waals surface area contributed by atoms with E-state index in [1.165, 1.54) is 0 Å². The first kappa shape index (κ1) is 39.7. The molecule has 11 rings (SSSR count). The van der Waals surface area contributed by atoms with Gasteiger partial charge in [-0.1, -0.05) is 84.9 Å². The summed E-state index contributed by atoms with van der Waals surface area (Å²) in [5.74, 6) is 1.74. The monoisotopic (exact) mass is 865 g/mol. The van der Waals surface area contributed by atoms with Gasteiger partial charge < -0.3 is 9.97 Å². The predicted octanol–water partition coefficient (Wildman–Crippen LogP) is 8.32. The summed E-state index contributed by atoms with van der Waals surface area (Å²) in [6, 6.07) is 27.7. The number of rotatable bonds is 4. The van der Waals surface area contributed by atoms with Crippen LogP contribution in [0.2, 0.25) is 0 Å². The first-order valence-corrected chi connectivity index (χ1v) is 23.2. The predicted molar refractivity (Wildman–Crippen MR) is 235 cm³/mol. The minimum Gasteiger partial charge on any atom is -0.324 e. The summed E-state index contributed by atoms with van der Waals surface area (Å²) in [7, 11) is -8.37. The molecule has 3 aromatic heterocycles. The summed E-state index contributed by atoms with van der Waals surface area (Å²) in [6.07, 6.45) is 3.36. The summed E-state index contributed by atoms with van der Waals surface area (Å²) in [4.78, 5) is 38.0. The molecule has 0 amide bonds. The first-order chi connectivity index (χ1) is 29.0. The molecule has 5 heterocycles. The second-order valence-electron chi connectivity index (χ2n) is 16.2. The smallest absolute Gasteiger partial charge is 0.324 e. The van der Waals surface area contributed by atoms with E-state index in [2.05, 4.69) is 22.1 Å². The Hall–Kier alpha value is -5.41. The fraction of sp³-hybridized carbons (Fsp3) is 0.273. The molecule has 14 nitrogen and oxygen atoms in total. The Morgan fingerprint density at radius 1 is 0.426 bits per heavy atom. The number of hydrogen-bond donors (Lipinski definition) is 4. The quantitative estimate of drug-likeness (QED) is 0.0970. The Morgan fingerprint density at radius 3 is 1.08 bits per heavy atom. The minimum atomic E-state index is -4.19. The molecule has 17 heteroatoms. The Balaban J connectivity index is 0.00000445. The second kappa shape index (κ2) is 14.9.